The zero-order valence-corrected chi connectivity index (χ0v) is 3.94. The molecular formula is C3HF4NO. The first kappa shape index (κ1) is 6.34. The van der Waals surface area contributed by atoms with Gasteiger partial charge in [0.05, 0.1) is 0 Å². The Kier molecular flexibility index (Phi) is 1.13. The van der Waals surface area contributed by atoms with Gasteiger partial charge in [-0.15, -0.1) is 0 Å². The fourth-order valence-electron chi connectivity index (χ4n) is 0.314. The van der Waals surface area contributed by atoms with Crippen molar-refractivity contribution in [2.45, 2.75) is 6.05 Å². The van der Waals surface area contributed by atoms with E-state index in [1.54, 1.807) is 0 Å². The Labute approximate surface area is 47.2 Å². The predicted molar refractivity (Wildman–Crippen MR) is 18.2 cm³/mol. The van der Waals surface area contributed by atoms with Gasteiger partial charge in [0.2, 0.25) is 5.83 Å². The molecule has 0 fully saturated rings. The van der Waals surface area contributed by atoms with Gasteiger partial charge in [-0.3, -0.25) is 0 Å². The molecule has 0 bridgehead atoms. The minimum Gasteiger partial charge on any atom is -0.375 e. The largest absolute Gasteiger partial charge is 0.417 e. The van der Waals surface area contributed by atoms with Gasteiger partial charge < -0.3 is 4.84 Å². The fraction of sp³-hybridized carbons (Fsp3) is 0.333. The molecule has 0 atom stereocenters. The first-order valence-corrected chi connectivity index (χ1v) is 1.92. The van der Waals surface area contributed by atoms with Gasteiger partial charge in [-0.1, -0.05) is 4.48 Å². The van der Waals surface area contributed by atoms with Crippen molar-refractivity contribution < 1.29 is 22.5 Å². The first-order chi connectivity index (χ1) is 4.05. The molecule has 0 amide bonds. The molecule has 2 nitrogen and oxygen atoms in total. The van der Waals surface area contributed by atoms with E-state index in [1.807, 2.05) is 0 Å². The number of halogens is 4. The molecule has 9 heavy (non-hydrogen) atoms. The Morgan fingerprint density at radius 3 is 2.22 bits per heavy atom. The van der Waals surface area contributed by atoms with E-state index in [2.05, 4.69) is 4.84 Å². The zero-order valence-electron chi connectivity index (χ0n) is 3.94. The Morgan fingerprint density at radius 2 is 2.11 bits per heavy atom. The van der Waals surface area contributed by atoms with E-state index in [0.717, 1.165) is 0 Å². The van der Waals surface area contributed by atoms with Gasteiger partial charge in [0.25, 0.3) is 0 Å². The third kappa shape index (κ3) is 0.748. The van der Waals surface area contributed by atoms with Crippen molar-refractivity contribution in [1.29, 1.82) is 0 Å². The van der Waals surface area contributed by atoms with E-state index in [-0.39, 0.29) is 6.26 Å². The number of alkyl halides is 2. The Bertz CT molecular complexity index is 156. The molecule has 0 aromatic heterocycles. The van der Waals surface area contributed by atoms with Gasteiger partial charge in [0.1, 0.15) is 5.29 Å². The molecule has 1 aliphatic heterocycles. The molecular weight excluding hydrogens is 142 g/mol. The third-order valence-electron chi connectivity index (χ3n) is 0.757. The molecule has 0 unspecified atom stereocenters. The highest BCUT2D eigenvalue weighted by molar-refractivity contribution is 5.00. The summed E-state index contributed by atoms with van der Waals surface area (Å²) in [4.78, 5) is 3.36. The lowest BCUT2D eigenvalue weighted by Gasteiger charge is -2.09. The van der Waals surface area contributed by atoms with Crippen LogP contribution >= 0.6 is 0 Å². The molecule has 1 heterocycles. The summed E-state index contributed by atoms with van der Waals surface area (Å²) in [5.41, 5.74) is 0. The first-order valence-electron chi connectivity index (χ1n) is 1.92. The molecule has 0 aliphatic carbocycles. The normalized spacial score (nSPS) is 25.6. The fourth-order valence-corrected chi connectivity index (χ4v) is 0.314. The Balaban J connectivity index is 2.81. The molecule has 0 spiro atoms. The molecule has 1 rings (SSSR count). The van der Waals surface area contributed by atoms with E-state index in [9.17, 15) is 17.7 Å². The molecule has 0 aromatic rings. The highest BCUT2D eigenvalue weighted by atomic mass is 19.3. The Morgan fingerprint density at radius 1 is 1.56 bits per heavy atom. The van der Waals surface area contributed by atoms with Crippen molar-refractivity contribution in [3.63, 3.8) is 0 Å². The maximum atomic E-state index is 11.7. The second-order valence-corrected chi connectivity index (χ2v) is 1.36. The van der Waals surface area contributed by atoms with E-state index in [4.69, 9.17) is 0 Å². The highest BCUT2D eigenvalue weighted by Crippen LogP contribution is 2.35. The maximum absolute atomic E-state index is 11.7. The van der Waals surface area contributed by atoms with Crippen molar-refractivity contribution in [2.24, 2.45) is 0 Å². The average molecular weight is 143 g/mol. The van der Waals surface area contributed by atoms with Crippen LogP contribution in [-0.2, 0) is 4.84 Å². The molecule has 52 valence electrons. The van der Waals surface area contributed by atoms with Crippen LogP contribution in [0.25, 0.3) is 0 Å². The smallest absolute Gasteiger partial charge is 0.375 e. The van der Waals surface area contributed by atoms with Crippen molar-refractivity contribution >= 4 is 0 Å². The summed E-state index contributed by atoms with van der Waals surface area (Å²) < 4.78 is 46.6. The lowest BCUT2D eigenvalue weighted by molar-refractivity contribution is -0.352. The van der Waals surface area contributed by atoms with Crippen molar-refractivity contribution in [3.05, 3.63) is 12.1 Å². The van der Waals surface area contributed by atoms with Crippen LogP contribution in [0.15, 0.2) is 12.1 Å². The lowest BCUT2D eigenvalue weighted by Crippen LogP contribution is -2.29. The van der Waals surface area contributed by atoms with Gasteiger partial charge in [-0.05, 0) is 0 Å². The highest BCUT2D eigenvalue weighted by Gasteiger charge is 2.50. The third-order valence-corrected chi connectivity index (χ3v) is 0.757. The monoisotopic (exact) mass is 143 g/mol. The van der Waals surface area contributed by atoms with Crippen molar-refractivity contribution in [3.8, 4) is 0 Å². The van der Waals surface area contributed by atoms with E-state index in [0.29, 0.717) is 0 Å². The number of hydroxylamine groups is 1. The van der Waals surface area contributed by atoms with E-state index < -0.39 is 17.2 Å². The van der Waals surface area contributed by atoms with Gasteiger partial charge in [0.15, 0.2) is 6.26 Å². The van der Waals surface area contributed by atoms with Crippen LogP contribution in [0, 0.1) is 0 Å². The summed E-state index contributed by atoms with van der Waals surface area (Å²) in [6, 6.07) is -4.25. The van der Waals surface area contributed by atoms with Crippen LogP contribution in [0.1, 0.15) is 0 Å². The summed E-state index contributed by atoms with van der Waals surface area (Å²) >= 11 is 0. The molecule has 0 N–H and O–H groups in total. The van der Waals surface area contributed by atoms with Crippen molar-refractivity contribution in [2.75, 3.05) is 0 Å². The number of nitrogens with zero attached hydrogens (tertiary/aromatic N) is 1. The van der Waals surface area contributed by atoms with Crippen LogP contribution in [0.4, 0.5) is 17.7 Å². The topological polar surface area (TPSA) is 12.5 Å². The van der Waals surface area contributed by atoms with Gasteiger partial charge >= 0.3 is 6.05 Å². The van der Waals surface area contributed by atoms with Crippen LogP contribution in [0.3, 0.4) is 0 Å². The summed E-state index contributed by atoms with van der Waals surface area (Å²) in [5.74, 6) is -1.94. The van der Waals surface area contributed by atoms with Crippen LogP contribution in [0.5, 0.6) is 0 Å². The minimum atomic E-state index is -4.25. The standard InChI is InChI=1S/C3HF4NO/c4-2-1-9-8(7)3(2,5)6/h1H. The second kappa shape index (κ2) is 1.60. The van der Waals surface area contributed by atoms with E-state index in [1.165, 1.54) is 0 Å². The zero-order chi connectivity index (χ0) is 7.07. The van der Waals surface area contributed by atoms with Crippen LogP contribution < -0.4 is 0 Å². The minimum absolute atomic E-state index is 0. The molecule has 0 saturated heterocycles. The van der Waals surface area contributed by atoms with Gasteiger partial charge in [0, 0.05) is 0 Å². The van der Waals surface area contributed by atoms with E-state index >= 15 is 0 Å². The number of hydrogen-bond donors (Lipinski definition) is 0. The molecule has 6 heteroatoms. The quantitative estimate of drug-likeness (QED) is 0.289. The summed E-state index contributed by atoms with van der Waals surface area (Å²) in [6.45, 7) is 0. The number of hydrogen-bond acceptors (Lipinski definition) is 2. The maximum Gasteiger partial charge on any atom is 0.417 e. The predicted octanol–water partition coefficient (Wildman–Crippen LogP) is 1.52. The molecule has 0 radical (unpaired) electrons. The summed E-state index contributed by atoms with van der Waals surface area (Å²) in [6.07, 6.45) is 0. The SMILES string of the molecule is FC1=CON(F)C1(F)F. The van der Waals surface area contributed by atoms with Crippen LogP contribution in [0.2, 0.25) is 0 Å². The van der Waals surface area contributed by atoms with Crippen LogP contribution in [-0.4, -0.2) is 11.3 Å². The summed E-state index contributed by atoms with van der Waals surface area (Å²) in [7, 11) is 0. The van der Waals surface area contributed by atoms with Crippen molar-refractivity contribution in [1.82, 2.24) is 5.29 Å². The summed E-state index contributed by atoms with van der Waals surface area (Å²) in [5, 5.41) is -1.36. The number of rotatable bonds is 0. The molecule has 0 aromatic carbocycles. The van der Waals surface area contributed by atoms with Gasteiger partial charge in [-0.2, -0.15) is 13.2 Å². The Hall–Kier alpha value is -0.780. The second-order valence-electron chi connectivity index (χ2n) is 1.36. The lowest BCUT2D eigenvalue weighted by atomic mass is 10.5. The molecule has 1 aliphatic rings. The van der Waals surface area contributed by atoms with Gasteiger partial charge in [-0.25, -0.2) is 0 Å². The average Bonchev–Trinajstić information content (AvgIpc) is 1.96. The molecule has 0 saturated carbocycles.